The molecule has 1 atom stereocenters. The van der Waals surface area contributed by atoms with Crippen molar-refractivity contribution in [3.63, 3.8) is 0 Å². The van der Waals surface area contributed by atoms with Crippen molar-refractivity contribution in [2.24, 2.45) is 5.73 Å². The number of hydrogen-bond donors (Lipinski definition) is 2. The third-order valence-corrected chi connectivity index (χ3v) is 2.34. The minimum Gasteiger partial charge on any atom is -0.486 e. The lowest BCUT2D eigenvalue weighted by Crippen LogP contribution is -2.26. The maximum Gasteiger partial charge on any atom is 0.161 e. The van der Waals surface area contributed by atoms with E-state index in [-0.39, 0.29) is 25.1 Å². The van der Waals surface area contributed by atoms with E-state index in [1.54, 1.807) is 0 Å². The summed E-state index contributed by atoms with van der Waals surface area (Å²) >= 11 is 0. The molecule has 0 saturated heterocycles. The van der Waals surface area contributed by atoms with Gasteiger partial charge in [-0.05, 0) is 24.1 Å². The van der Waals surface area contributed by atoms with E-state index in [2.05, 4.69) is 0 Å². The monoisotopic (exact) mass is 245 g/mol. The van der Waals surface area contributed by atoms with Crippen LogP contribution < -0.4 is 15.2 Å². The molecule has 1 aliphatic heterocycles. The van der Waals surface area contributed by atoms with Crippen LogP contribution in [-0.2, 0) is 6.42 Å². The first-order valence-corrected chi connectivity index (χ1v) is 5.04. The van der Waals surface area contributed by atoms with Gasteiger partial charge >= 0.3 is 0 Å². The molecule has 0 fully saturated rings. The molecule has 1 unspecified atom stereocenters. The van der Waals surface area contributed by atoms with Gasteiger partial charge in [-0.15, -0.1) is 12.4 Å². The minimum absolute atomic E-state index is 0. The predicted octanol–water partition coefficient (Wildman–Crippen LogP) is 0.742. The summed E-state index contributed by atoms with van der Waals surface area (Å²) in [5.41, 5.74) is 6.72. The Hall–Kier alpha value is -0.970. The average Bonchev–Trinajstić information content (AvgIpc) is 2.29. The van der Waals surface area contributed by atoms with Gasteiger partial charge in [-0.3, -0.25) is 0 Å². The summed E-state index contributed by atoms with van der Waals surface area (Å²) in [6.07, 6.45) is 0.646. The molecule has 1 heterocycles. The molecule has 1 aliphatic rings. The fourth-order valence-electron chi connectivity index (χ4n) is 1.58. The van der Waals surface area contributed by atoms with Crippen molar-refractivity contribution in [2.75, 3.05) is 19.8 Å². The number of benzene rings is 1. The van der Waals surface area contributed by atoms with Gasteiger partial charge in [-0.2, -0.15) is 0 Å². The molecule has 0 radical (unpaired) electrons. The highest BCUT2D eigenvalue weighted by molar-refractivity contribution is 5.85. The summed E-state index contributed by atoms with van der Waals surface area (Å²) in [6, 6.07) is 5.54. The van der Waals surface area contributed by atoms with Crippen molar-refractivity contribution < 1.29 is 14.6 Å². The van der Waals surface area contributed by atoms with Crippen molar-refractivity contribution in [1.82, 2.24) is 0 Å². The molecule has 0 bridgehead atoms. The van der Waals surface area contributed by atoms with Crippen molar-refractivity contribution in [2.45, 2.75) is 12.5 Å². The van der Waals surface area contributed by atoms with Crippen molar-refractivity contribution in [3.05, 3.63) is 23.8 Å². The van der Waals surface area contributed by atoms with Crippen LogP contribution in [0.3, 0.4) is 0 Å². The maximum absolute atomic E-state index is 8.85. The quantitative estimate of drug-likeness (QED) is 0.825. The third kappa shape index (κ3) is 3.01. The van der Waals surface area contributed by atoms with Crippen molar-refractivity contribution >= 4 is 12.4 Å². The normalized spacial score (nSPS) is 15.1. The Bertz CT molecular complexity index is 346. The van der Waals surface area contributed by atoms with Crippen LogP contribution in [0.15, 0.2) is 18.2 Å². The molecular formula is C11H16ClNO3. The van der Waals surface area contributed by atoms with E-state index < -0.39 is 0 Å². The summed E-state index contributed by atoms with van der Waals surface area (Å²) < 4.78 is 10.9. The second-order valence-electron chi connectivity index (χ2n) is 3.62. The minimum atomic E-state index is -0.215. The highest BCUT2D eigenvalue weighted by Gasteiger charge is 2.12. The fourth-order valence-corrected chi connectivity index (χ4v) is 1.58. The van der Waals surface area contributed by atoms with Gasteiger partial charge in [0.05, 0.1) is 6.61 Å². The summed E-state index contributed by atoms with van der Waals surface area (Å²) in [6.45, 7) is 1.18. The number of hydrogen-bond acceptors (Lipinski definition) is 4. The number of fused-ring (bicyclic) bond motifs is 1. The number of aliphatic hydroxyl groups excluding tert-OH is 1. The molecule has 0 saturated carbocycles. The van der Waals surface area contributed by atoms with Crippen LogP contribution in [0.25, 0.3) is 0 Å². The summed E-state index contributed by atoms with van der Waals surface area (Å²) in [5, 5.41) is 8.85. The molecule has 1 aromatic carbocycles. The molecular weight excluding hydrogens is 230 g/mol. The van der Waals surface area contributed by atoms with Crippen LogP contribution in [0.2, 0.25) is 0 Å². The molecule has 0 aromatic heterocycles. The first-order chi connectivity index (χ1) is 7.29. The number of ether oxygens (including phenoxy) is 2. The first kappa shape index (κ1) is 13.1. The van der Waals surface area contributed by atoms with Gasteiger partial charge in [0.1, 0.15) is 13.2 Å². The third-order valence-electron chi connectivity index (χ3n) is 2.34. The molecule has 0 spiro atoms. The fraction of sp³-hybridized carbons (Fsp3) is 0.455. The van der Waals surface area contributed by atoms with E-state index in [9.17, 15) is 0 Å². The second-order valence-corrected chi connectivity index (χ2v) is 3.62. The largest absolute Gasteiger partial charge is 0.486 e. The van der Waals surface area contributed by atoms with Gasteiger partial charge in [0.15, 0.2) is 11.5 Å². The smallest absolute Gasteiger partial charge is 0.161 e. The number of aliphatic hydroxyl groups is 1. The van der Waals surface area contributed by atoms with Gasteiger partial charge in [-0.1, -0.05) is 6.07 Å². The molecule has 4 nitrogen and oxygen atoms in total. The Morgan fingerprint density at radius 2 is 1.94 bits per heavy atom. The Kier molecular flexibility index (Phi) is 4.86. The molecule has 0 amide bonds. The van der Waals surface area contributed by atoms with Crippen LogP contribution in [-0.4, -0.2) is 31.0 Å². The van der Waals surface area contributed by atoms with Crippen LogP contribution >= 0.6 is 12.4 Å². The van der Waals surface area contributed by atoms with E-state index in [0.717, 1.165) is 17.1 Å². The number of rotatable bonds is 3. The predicted molar refractivity (Wildman–Crippen MR) is 63.4 cm³/mol. The van der Waals surface area contributed by atoms with E-state index in [4.69, 9.17) is 20.3 Å². The topological polar surface area (TPSA) is 64.7 Å². The van der Waals surface area contributed by atoms with Crippen LogP contribution in [0.4, 0.5) is 0 Å². The molecule has 0 aliphatic carbocycles. The standard InChI is InChI=1S/C11H15NO3.ClH/c12-9(7-13)5-8-1-2-10-11(6-8)15-4-3-14-10;/h1-2,6,9,13H,3-5,7,12H2;1H. The lowest BCUT2D eigenvalue weighted by atomic mass is 10.1. The molecule has 5 heteroatoms. The zero-order valence-electron chi connectivity index (χ0n) is 8.89. The molecule has 16 heavy (non-hydrogen) atoms. The van der Waals surface area contributed by atoms with Crippen LogP contribution in [0, 0.1) is 0 Å². The van der Waals surface area contributed by atoms with E-state index in [0.29, 0.717) is 19.6 Å². The summed E-state index contributed by atoms with van der Waals surface area (Å²) in [4.78, 5) is 0. The average molecular weight is 246 g/mol. The van der Waals surface area contributed by atoms with Gasteiger partial charge in [0.2, 0.25) is 0 Å². The Balaban J connectivity index is 0.00000128. The van der Waals surface area contributed by atoms with Gasteiger partial charge in [0, 0.05) is 6.04 Å². The SMILES string of the molecule is Cl.NC(CO)Cc1ccc2c(c1)OCCO2. The van der Waals surface area contributed by atoms with Crippen LogP contribution in [0.1, 0.15) is 5.56 Å². The lowest BCUT2D eigenvalue weighted by molar-refractivity contribution is 0.171. The van der Waals surface area contributed by atoms with E-state index in [1.807, 2.05) is 18.2 Å². The Morgan fingerprint density at radius 1 is 1.25 bits per heavy atom. The molecule has 3 N–H and O–H groups in total. The number of halogens is 1. The molecule has 90 valence electrons. The second kappa shape index (κ2) is 5.94. The molecule has 1 aromatic rings. The molecule has 2 rings (SSSR count). The first-order valence-electron chi connectivity index (χ1n) is 5.04. The Labute approximate surface area is 101 Å². The van der Waals surface area contributed by atoms with Gasteiger partial charge in [0.25, 0.3) is 0 Å². The lowest BCUT2D eigenvalue weighted by Gasteiger charge is -2.19. The Morgan fingerprint density at radius 3 is 2.62 bits per heavy atom. The highest BCUT2D eigenvalue weighted by atomic mass is 35.5. The van der Waals surface area contributed by atoms with Crippen LogP contribution in [0.5, 0.6) is 11.5 Å². The van der Waals surface area contributed by atoms with Gasteiger partial charge in [-0.25, -0.2) is 0 Å². The summed E-state index contributed by atoms with van der Waals surface area (Å²) in [5.74, 6) is 1.55. The van der Waals surface area contributed by atoms with Crippen molar-refractivity contribution in [1.29, 1.82) is 0 Å². The zero-order chi connectivity index (χ0) is 10.7. The van der Waals surface area contributed by atoms with Crippen molar-refractivity contribution in [3.8, 4) is 11.5 Å². The highest BCUT2D eigenvalue weighted by Crippen LogP contribution is 2.30. The zero-order valence-corrected chi connectivity index (χ0v) is 9.70. The van der Waals surface area contributed by atoms with E-state index in [1.165, 1.54) is 0 Å². The summed E-state index contributed by atoms with van der Waals surface area (Å²) in [7, 11) is 0. The maximum atomic E-state index is 8.85. The number of nitrogens with two attached hydrogens (primary N) is 1. The van der Waals surface area contributed by atoms with E-state index >= 15 is 0 Å². The van der Waals surface area contributed by atoms with Gasteiger partial charge < -0.3 is 20.3 Å².